The Morgan fingerprint density at radius 2 is 2.12 bits per heavy atom. The quantitative estimate of drug-likeness (QED) is 0.819. The molecule has 1 atom stereocenters. The summed E-state index contributed by atoms with van der Waals surface area (Å²) in [6.45, 7) is 3.72. The van der Waals surface area contributed by atoms with Crippen molar-refractivity contribution in [2.45, 2.75) is 37.6 Å². The van der Waals surface area contributed by atoms with E-state index in [0.717, 1.165) is 23.4 Å². The molecule has 1 amide bonds. The van der Waals surface area contributed by atoms with Crippen molar-refractivity contribution in [2.24, 2.45) is 0 Å². The lowest BCUT2D eigenvalue weighted by molar-refractivity contribution is 0.0599. The summed E-state index contributed by atoms with van der Waals surface area (Å²) in [5, 5.41) is 3.12. The standard InChI is InChI=1S/C19H22N2O3S/c1-4-13-16(19(23)24-3)11(2)17(20-13)18(22)21-14-9-10-25-15-8-6-5-7-12(14)15/h5-8,14,20H,4,9-10H2,1-3H3,(H,21,22)/t14-/m0/s1. The molecule has 0 aliphatic carbocycles. The van der Waals surface area contributed by atoms with Gasteiger partial charge < -0.3 is 15.0 Å². The molecule has 1 aliphatic rings. The van der Waals surface area contributed by atoms with E-state index >= 15 is 0 Å². The number of hydrogen-bond donors (Lipinski definition) is 2. The molecule has 0 bridgehead atoms. The van der Waals surface area contributed by atoms with E-state index in [0.29, 0.717) is 23.2 Å². The molecule has 2 aromatic rings. The van der Waals surface area contributed by atoms with Gasteiger partial charge >= 0.3 is 5.97 Å². The van der Waals surface area contributed by atoms with Gasteiger partial charge in [-0.2, -0.15) is 0 Å². The van der Waals surface area contributed by atoms with Gasteiger partial charge in [-0.3, -0.25) is 4.79 Å². The van der Waals surface area contributed by atoms with Crippen LogP contribution >= 0.6 is 11.8 Å². The van der Waals surface area contributed by atoms with E-state index in [4.69, 9.17) is 4.74 Å². The van der Waals surface area contributed by atoms with Gasteiger partial charge in [0.15, 0.2) is 0 Å². The number of hydrogen-bond acceptors (Lipinski definition) is 4. The Morgan fingerprint density at radius 1 is 1.36 bits per heavy atom. The molecule has 25 heavy (non-hydrogen) atoms. The lowest BCUT2D eigenvalue weighted by Crippen LogP contribution is -2.31. The summed E-state index contributed by atoms with van der Waals surface area (Å²) in [6, 6.07) is 8.14. The Hall–Kier alpha value is -2.21. The molecule has 0 saturated heterocycles. The van der Waals surface area contributed by atoms with Crippen LogP contribution in [-0.4, -0.2) is 29.7 Å². The molecule has 5 nitrogen and oxygen atoms in total. The van der Waals surface area contributed by atoms with E-state index in [9.17, 15) is 9.59 Å². The van der Waals surface area contributed by atoms with Crippen molar-refractivity contribution in [3.8, 4) is 0 Å². The highest BCUT2D eigenvalue weighted by atomic mass is 32.2. The number of rotatable bonds is 4. The number of carbonyl (C=O) groups excluding carboxylic acids is 2. The fourth-order valence-corrected chi connectivity index (χ4v) is 4.38. The molecular weight excluding hydrogens is 336 g/mol. The summed E-state index contributed by atoms with van der Waals surface area (Å²) < 4.78 is 4.86. The molecule has 0 spiro atoms. The molecule has 0 saturated carbocycles. The van der Waals surface area contributed by atoms with Gasteiger partial charge in [-0.05, 0) is 37.0 Å². The van der Waals surface area contributed by atoms with Crippen molar-refractivity contribution in [3.05, 3.63) is 52.3 Å². The van der Waals surface area contributed by atoms with Gasteiger partial charge in [0.1, 0.15) is 5.69 Å². The number of ether oxygens (including phenoxy) is 1. The van der Waals surface area contributed by atoms with Gasteiger partial charge in [0.25, 0.3) is 5.91 Å². The number of aryl methyl sites for hydroxylation is 1. The fourth-order valence-electron chi connectivity index (χ4n) is 3.25. The monoisotopic (exact) mass is 358 g/mol. The zero-order valence-electron chi connectivity index (χ0n) is 14.6. The summed E-state index contributed by atoms with van der Waals surface area (Å²) in [5.74, 6) is 0.373. The van der Waals surface area contributed by atoms with Crippen LogP contribution in [0, 0.1) is 6.92 Å². The van der Waals surface area contributed by atoms with E-state index in [1.807, 2.05) is 30.8 Å². The molecule has 2 heterocycles. The van der Waals surface area contributed by atoms with Crippen LogP contribution in [0.3, 0.4) is 0 Å². The van der Waals surface area contributed by atoms with Crippen molar-refractivity contribution in [3.63, 3.8) is 0 Å². The van der Waals surface area contributed by atoms with E-state index in [1.54, 1.807) is 6.92 Å². The summed E-state index contributed by atoms with van der Waals surface area (Å²) in [7, 11) is 1.35. The molecule has 1 aromatic carbocycles. The summed E-state index contributed by atoms with van der Waals surface area (Å²) in [5.41, 5.74) is 3.43. The normalized spacial score (nSPS) is 16.2. The Bertz CT molecular complexity index is 813. The molecule has 1 aliphatic heterocycles. The van der Waals surface area contributed by atoms with Gasteiger partial charge in [-0.25, -0.2) is 4.79 Å². The molecule has 6 heteroatoms. The number of fused-ring (bicyclic) bond motifs is 1. The van der Waals surface area contributed by atoms with Crippen molar-refractivity contribution < 1.29 is 14.3 Å². The minimum atomic E-state index is -0.413. The Morgan fingerprint density at radius 3 is 2.84 bits per heavy atom. The third kappa shape index (κ3) is 3.31. The van der Waals surface area contributed by atoms with Crippen LogP contribution in [0.1, 0.15) is 57.1 Å². The maximum Gasteiger partial charge on any atom is 0.339 e. The van der Waals surface area contributed by atoms with E-state index < -0.39 is 5.97 Å². The SMILES string of the molecule is CCc1[nH]c(C(=O)N[C@H]2CCSc3ccccc32)c(C)c1C(=O)OC. The topological polar surface area (TPSA) is 71.2 Å². The Labute approximate surface area is 151 Å². The predicted octanol–water partition coefficient (Wildman–Crippen LogP) is 3.64. The highest BCUT2D eigenvalue weighted by molar-refractivity contribution is 7.99. The van der Waals surface area contributed by atoms with E-state index in [1.165, 1.54) is 12.0 Å². The van der Waals surface area contributed by atoms with Crippen LogP contribution in [0.15, 0.2) is 29.2 Å². The third-order valence-electron chi connectivity index (χ3n) is 4.56. The first kappa shape index (κ1) is 17.6. The second-order valence-corrected chi connectivity index (χ2v) is 7.16. The van der Waals surface area contributed by atoms with Crippen LogP contribution in [0.4, 0.5) is 0 Å². The van der Waals surface area contributed by atoms with E-state index in [-0.39, 0.29) is 11.9 Å². The minimum absolute atomic E-state index is 0.0145. The largest absolute Gasteiger partial charge is 0.465 e. The molecule has 2 N–H and O–H groups in total. The number of thioether (sulfide) groups is 1. The molecule has 0 fully saturated rings. The van der Waals surface area contributed by atoms with Crippen molar-refractivity contribution in [1.82, 2.24) is 10.3 Å². The average Bonchev–Trinajstić information content (AvgIpc) is 2.98. The smallest absolute Gasteiger partial charge is 0.339 e. The van der Waals surface area contributed by atoms with Gasteiger partial charge in [-0.1, -0.05) is 25.1 Å². The predicted molar refractivity (Wildman–Crippen MR) is 98.2 cm³/mol. The van der Waals surface area contributed by atoms with Crippen molar-refractivity contribution >= 4 is 23.6 Å². The van der Waals surface area contributed by atoms with Crippen LogP contribution in [0.5, 0.6) is 0 Å². The second kappa shape index (κ2) is 7.35. The maximum atomic E-state index is 12.8. The Balaban J connectivity index is 1.88. The van der Waals surface area contributed by atoms with Crippen molar-refractivity contribution in [2.75, 3.05) is 12.9 Å². The van der Waals surface area contributed by atoms with Crippen LogP contribution in [0.2, 0.25) is 0 Å². The number of esters is 1. The number of nitrogens with one attached hydrogen (secondary N) is 2. The number of amides is 1. The van der Waals surface area contributed by atoms with E-state index in [2.05, 4.69) is 22.4 Å². The highest BCUT2D eigenvalue weighted by Gasteiger charge is 2.27. The number of methoxy groups -OCH3 is 1. The number of carbonyl (C=O) groups is 2. The summed E-state index contributed by atoms with van der Waals surface area (Å²) >= 11 is 1.82. The Kier molecular flexibility index (Phi) is 5.18. The molecular formula is C19H22N2O3S. The first-order chi connectivity index (χ1) is 12.1. The summed E-state index contributed by atoms with van der Waals surface area (Å²) in [6.07, 6.45) is 1.51. The highest BCUT2D eigenvalue weighted by Crippen LogP contribution is 2.36. The zero-order chi connectivity index (χ0) is 18.0. The van der Waals surface area contributed by atoms with Gasteiger partial charge in [0.2, 0.25) is 0 Å². The van der Waals surface area contributed by atoms with Crippen LogP contribution in [0.25, 0.3) is 0 Å². The maximum absolute atomic E-state index is 12.8. The second-order valence-electron chi connectivity index (χ2n) is 6.02. The molecule has 0 unspecified atom stereocenters. The zero-order valence-corrected chi connectivity index (χ0v) is 15.5. The molecule has 3 rings (SSSR count). The number of aromatic amines is 1. The lowest BCUT2D eigenvalue weighted by atomic mass is 10.0. The minimum Gasteiger partial charge on any atom is -0.465 e. The lowest BCUT2D eigenvalue weighted by Gasteiger charge is -2.25. The molecule has 132 valence electrons. The summed E-state index contributed by atoms with van der Waals surface area (Å²) in [4.78, 5) is 29.2. The fraction of sp³-hybridized carbons (Fsp3) is 0.368. The first-order valence-electron chi connectivity index (χ1n) is 8.39. The van der Waals surface area contributed by atoms with Gasteiger partial charge in [0, 0.05) is 16.3 Å². The first-order valence-corrected chi connectivity index (χ1v) is 9.37. The third-order valence-corrected chi connectivity index (χ3v) is 5.68. The number of benzene rings is 1. The van der Waals surface area contributed by atoms with Gasteiger partial charge in [0.05, 0.1) is 18.7 Å². The van der Waals surface area contributed by atoms with Crippen LogP contribution in [-0.2, 0) is 11.2 Å². The number of H-pyrrole nitrogens is 1. The van der Waals surface area contributed by atoms with Gasteiger partial charge in [-0.15, -0.1) is 11.8 Å². The number of aromatic nitrogens is 1. The van der Waals surface area contributed by atoms with Crippen molar-refractivity contribution in [1.29, 1.82) is 0 Å². The molecule has 1 aromatic heterocycles. The average molecular weight is 358 g/mol. The molecule has 0 radical (unpaired) electrons. The van der Waals surface area contributed by atoms with Crippen LogP contribution < -0.4 is 5.32 Å².